The van der Waals surface area contributed by atoms with Crippen LogP contribution in [0.25, 0.3) is 0 Å². The van der Waals surface area contributed by atoms with Gasteiger partial charge in [-0.25, -0.2) is 4.79 Å². The summed E-state index contributed by atoms with van der Waals surface area (Å²) in [7, 11) is 0. The van der Waals surface area contributed by atoms with Crippen LogP contribution in [0.5, 0.6) is 0 Å². The van der Waals surface area contributed by atoms with Gasteiger partial charge in [0.25, 0.3) is 5.91 Å². The van der Waals surface area contributed by atoms with E-state index in [0.717, 1.165) is 19.3 Å². The van der Waals surface area contributed by atoms with Crippen molar-refractivity contribution in [1.82, 2.24) is 5.32 Å². The number of imide groups is 1. The van der Waals surface area contributed by atoms with Crippen molar-refractivity contribution in [1.29, 1.82) is 0 Å². The Bertz CT molecular complexity index is 274. The van der Waals surface area contributed by atoms with Crippen LogP contribution in [0.15, 0.2) is 12.2 Å². The van der Waals surface area contributed by atoms with Gasteiger partial charge in [-0.2, -0.15) is 0 Å². The summed E-state index contributed by atoms with van der Waals surface area (Å²) in [6, 6.07) is 0. The summed E-state index contributed by atoms with van der Waals surface area (Å²) < 4.78 is 5.04. The largest absolute Gasteiger partial charge is 0.446 e. The molecule has 0 aromatic rings. The van der Waals surface area contributed by atoms with Crippen molar-refractivity contribution < 1.29 is 14.3 Å². The molecule has 0 radical (unpaired) electrons. The highest BCUT2D eigenvalue weighted by atomic mass is 16.6. The van der Waals surface area contributed by atoms with E-state index in [1.165, 1.54) is 19.8 Å². The summed E-state index contributed by atoms with van der Waals surface area (Å²) >= 11 is 0. The number of hydrogen-bond donors (Lipinski definition) is 1. The Morgan fingerprint density at radius 2 is 1.94 bits per heavy atom. The van der Waals surface area contributed by atoms with Crippen molar-refractivity contribution in [3.05, 3.63) is 12.2 Å². The number of rotatable bonds is 7. The quantitative estimate of drug-likeness (QED) is 0.550. The molecule has 98 valence electrons. The second-order valence-corrected chi connectivity index (χ2v) is 4.30. The van der Waals surface area contributed by atoms with E-state index in [2.05, 4.69) is 18.8 Å². The first-order chi connectivity index (χ1) is 7.97. The molecule has 17 heavy (non-hydrogen) atoms. The van der Waals surface area contributed by atoms with E-state index in [0.29, 0.717) is 0 Å². The smallest absolute Gasteiger partial charge is 0.414 e. The lowest BCUT2D eigenvalue weighted by Crippen LogP contribution is -2.33. The lowest BCUT2D eigenvalue weighted by atomic mass is 10.1. The van der Waals surface area contributed by atoms with Gasteiger partial charge in [-0.05, 0) is 26.7 Å². The highest BCUT2D eigenvalue weighted by Crippen LogP contribution is 2.07. The third-order valence-electron chi connectivity index (χ3n) is 2.38. The molecule has 1 unspecified atom stereocenters. The van der Waals surface area contributed by atoms with Crippen LogP contribution in [-0.4, -0.2) is 18.1 Å². The average Bonchev–Trinajstić information content (AvgIpc) is 2.24. The molecule has 2 amide bonds. The predicted molar refractivity (Wildman–Crippen MR) is 67.7 cm³/mol. The second-order valence-electron chi connectivity index (χ2n) is 4.30. The van der Waals surface area contributed by atoms with Gasteiger partial charge in [-0.1, -0.05) is 32.8 Å². The molecule has 4 heteroatoms. The van der Waals surface area contributed by atoms with Gasteiger partial charge in [-0.15, -0.1) is 0 Å². The fourth-order valence-corrected chi connectivity index (χ4v) is 1.33. The molecule has 0 aromatic heterocycles. The van der Waals surface area contributed by atoms with E-state index in [1.807, 2.05) is 6.92 Å². The van der Waals surface area contributed by atoms with Crippen molar-refractivity contribution in [2.24, 2.45) is 0 Å². The molecule has 0 aromatic carbocycles. The van der Waals surface area contributed by atoms with Gasteiger partial charge in [0.05, 0.1) is 0 Å². The standard InChI is InChI=1S/C13H23NO3/c1-5-6-7-8-9-11(4)17-13(16)14-12(15)10(2)3/h11H,2,5-9H2,1,3-4H3,(H,14,15,16). The molecule has 0 rings (SSSR count). The van der Waals surface area contributed by atoms with Crippen LogP contribution in [0.1, 0.15) is 52.9 Å². The summed E-state index contributed by atoms with van der Waals surface area (Å²) in [5.41, 5.74) is 0.289. The van der Waals surface area contributed by atoms with Crippen molar-refractivity contribution >= 4 is 12.0 Å². The molecule has 0 aliphatic rings. The molecule has 0 spiro atoms. The van der Waals surface area contributed by atoms with E-state index in [4.69, 9.17) is 4.74 Å². The van der Waals surface area contributed by atoms with Crippen LogP contribution in [-0.2, 0) is 9.53 Å². The van der Waals surface area contributed by atoms with Crippen LogP contribution >= 0.6 is 0 Å². The third-order valence-corrected chi connectivity index (χ3v) is 2.38. The zero-order valence-corrected chi connectivity index (χ0v) is 11.0. The topological polar surface area (TPSA) is 55.4 Å². The van der Waals surface area contributed by atoms with E-state index >= 15 is 0 Å². The molecule has 0 aliphatic heterocycles. The summed E-state index contributed by atoms with van der Waals surface area (Å²) in [5.74, 6) is -0.492. The first-order valence-electron chi connectivity index (χ1n) is 6.14. The number of amides is 2. The summed E-state index contributed by atoms with van der Waals surface area (Å²) in [4.78, 5) is 22.4. The molecular weight excluding hydrogens is 218 g/mol. The predicted octanol–water partition coefficient (Wildman–Crippen LogP) is 3.17. The monoisotopic (exact) mass is 241 g/mol. The van der Waals surface area contributed by atoms with Crippen LogP contribution < -0.4 is 5.32 Å². The highest BCUT2D eigenvalue weighted by molar-refractivity contribution is 6.01. The fourth-order valence-electron chi connectivity index (χ4n) is 1.33. The molecular formula is C13H23NO3. The first-order valence-corrected chi connectivity index (χ1v) is 6.14. The van der Waals surface area contributed by atoms with Crippen molar-refractivity contribution in [3.8, 4) is 0 Å². The normalized spacial score (nSPS) is 11.7. The van der Waals surface area contributed by atoms with E-state index in [1.54, 1.807) is 0 Å². The molecule has 4 nitrogen and oxygen atoms in total. The number of carbonyl (C=O) groups is 2. The van der Waals surface area contributed by atoms with Gasteiger partial charge in [0.1, 0.15) is 6.10 Å². The lowest BCUT2D eigenvalue weighted by Gasteiger charge is -2.13. The van der Waals surface area contributed by atoms with E-state index < -0.39 is 12.0 Å². The van der Waals surface area contributed by atoms with Crippen molar-refractivity contribution in [2.75, 3.05) is 0 Å². The van der Waals surface area contributed by atoms with Gasteiger partial charge in [-0.3, -0.25) is 10.1 Å². The molecule has 0 aliphatic carbocycles. The Hall–Kier alpha value is -1.32. The SMILES string of the molecule is C=C(C)C(=O)NC(=O)OC(C)CCCCCC. The summed E-state index contributed by atoms with van der Waals surface area (Å²) in [6.07, 6.45) is 4.54. The molecule has 1 N–H and O–H groups in total. The minimum absolute atomic E-state index is 0.162. The van der Waals surface area contributed by atoms with Gasteiger partial charge >= 0.3 is 6.09 Å². The second kappa shape index (κ2) is 8.79. The minimum Gasteiger partial charge on any atom is -0.446 e. The third kappa shape index (κ3) is 8.48. The molecule has 0 saturated heterocycles. The molecule has 1 atom stereocenters. The maximum Gasteiger partial charge on any atom is 0.414 e. The first kappa shape index (κ1) is 15.7. The number of alkyl carbamates (subject to hydrolysis) is 1. The maximum atomic E-state index is 11.3. The zero-order valence-electron chi connectivity index (χ0n) is 11.0. The molecule has 0 saturated carbocycles. The zero-order chi connectivity index (χ0) is 13.3. The molecule has 0 heterocycles. The Morgan fingerprint density at radius 3 is 2.47 bits per heavy atom. The number of unbranched alkanes of at least 4 members (excludes halogenated alkanes) is 3. The van der Waals surface area contributed by atoms with Crippen molar-refractivity contribution in [2.45, 2.75) is 59.0 Å². The minimum atomic E-state index is -0.694. The van der Waals surface area contributed by atoms with Crippen LogP contribution in [0, 0.1) is 0 Å². The highest BCUT2D eigenvalue weighted by Gasteiger charge is 2.12. The van der Waals surface area contributed by atoms with Gasteiger partial charge in [0.2, 0.25) is 0 Å². The Balaban J connectivity index is 3.72. The van der Waals surface area contributed by atoms with Crippen LogP contribution in [0.2, 0.25) is 0 Å². The number of carbonyl (C=O) groups excluding carboxylic acids is 2. The van der Waals surface area contributed by atoms with Crippen LogP contribution in [0.3, 0.4) is 0 Å². The Kier molecular flexibility index (Phi) is 8.11. The van der Waals surface area contributed by atoms with Gasteiger partial charge in [0, 0.05) is 5.57 Å². The van der Waals surface area contributed by atoms with Gasteiger partial charge in [0.15, 0.2) is 0 Å². The summed E-state index contributed by atoms with van der Waals surface area (Å²) in [6.45, 7) is 8.96. The Labute approximate surface area is 103 Å². The van der Waals surface area contributed by atoms with Crippen molar-refractivity contribution in [3.63, 3.8) is 0 Å². The number of nitrogens with one attached hydrogen (secondary N) is 1. The maximum absolute atomic E-state index is 11.3. The van der Waals surface area contributed by atoms with E-state index in [9.17, 15) is 9.59 Å². The molecule has 0 bridgehead atoms. The Morgan fingerprint density at radius 1 is 1.29 bits per heavy atom. The number of ether oxygens (including phenoxy) is 1. The fraction of sp³-hybridized carbons (Fsp3) is 0.692. The average molecular weight is 241 g/mol. The molecule has 0 fully saturated rings. The number of hydrogen-bond acceptors (Lipinski definition) is 3. The van der Waals surface area contributed by atoms with E-state index in [-0.39, 0.29) is 11.7 Å². The lowest BCUT2D eigenvalue weighted by molar-refractivity contribution is -0.116. The summed E-state index contributed by atoms with van der Waals surface area (Å²) in [5, 5.41) is 2.11. The van der Waals surface area contributed by atoms with Gasteiger partial charge < -0.3 is 4.74 Å². The van der Waals surface area contributed by atoms with Crippen LogP contribution in [0.4, 0.5) is 4.79 Å².